The first-order chi connectivity index (χ1) is 23.2. The molecule has 11 nitrogen and oxygen atoms in total. The minimum Gasteiger partial charge on any atom is -0.333 e. The number of benzene rings is 2. The molecule has 0 unspecified atom stereocenters. The molecule has 0 aliphatic carbocycles. The minimum atomic E-state index is -5.34. The van der Waals surface area contributed by atoms with Crippen molar-refractivity contribution >= 4 is 35.4 Å². The zero-order valence-corrected chi connectivity index (χ0v) is 27.6. The number of halogens is 5. The van der Waals surface area contributed by atoms with Crippen molar-refractivity contribution in [3.05, 3.63) is 64.7 Å². The van der Waals surface area contributed by atoms with Crippen molar-refractivity contribution < 1.29 is 41.2 Å². The molecule has 3 aromatic rings. The van der Waals surface area contributed by atoms with Gasteiger partial charge in [-0.05, 0) is 63.4 Å². The van der Waals surface area contributed by atoms with Crippen LogP contribution in [0.1, 0.15) is 62.0 Å². The number of carbonyl (C=O) groups is 3. The molecule has 16 heteroatoms. The van der Waals surface area contributed by atoms with Gasteiger partial charge in [0.1, 0.15) is 17.3 Å². The summed E-state index contributed by atoms with van der Waals surface area (Å²) in [5.41, 5.74) is 0.634. The highest BCUT2D eigenvalue weighted by molar-refractivity contribution is 6.02. The molecule has 0 atom stereocenters. The second kappa shape index (κ2) is 13.9. The maximum atomic E-state index is 15.2. The van der Waals surface area contributed by atoms with Gasteiger partial charge in [0.15, 0.2) is 5.82 Å². The van der Waals surface area contributed by atoms with E-state index >= 15 is 8.78 Å². The Morgan fingerprint density at radius 1 is 1.04 bits per heavy atom. The maximum absolute atomic E-state index is 15.2. The van der Waals surface area contributed by atoms with E-state index in [1.807, 2.05) is 4.90 Å². The summed E-state index contributed by atoms with van der Waals surface area (Å²) in [4.78, 5) is 57.4. The Hall–Kier alpha value is -4.86. The lowest BCUT2D eigenvalue weighted by molar-refractivity contribution is -0.232. The first kappa shape index (κ1) is 35.4. The average Bonchev–Trinajstić information content (AvgIpc) is 3.54. The summed E-state index contributed by atoms with van der Waals surface area (Å²) >= 11 is 0. The Balaban J connectivity index is 1.67. The lowest BCUT2D eigenvalue weighted by Gasteiger charge is -2.32. The van der Waals surface area contributed by atoms with Crippen molar-refractivity contribution in [1.29, 1.82) is 0 Å². The number of hydrogen-bond acceptors (Lipinski definition) is 8. The van der Waals surface area contributed by atoms with Crippen molar-refractivity contribution in [3.63, 3.8) is 0 Å². The van der Waals surface area contributed by atoms with Crippen molar-refractivity contribution in [2.75, 3.05) is 29.6 Å². The molecule has 1 N–H and O–H groups in total. The lowest BCUT2D eigenvalue weighted by Crippen LogP contribution is -2.43. The largest absolute Gasteiger partial charge is 0.493 e. The number of hydroxylamine groups is 2. The molecule has 0 bridgehead atoms. The molecule has 49 heavy (non-hydrogen) atoms. The van der Waals surface area contributed by atoms with E-state index < -0.39 is 47.4 Å². The molecule has 2 aliphatic heterocycles. The number of nitrogens with one attached hydrogen (secondary N) is 1. The summed E-state index contributed by atoms with van der Waals surface area (Å²) in [5.74, 6) is -5.50. The highest BCUT2D eigenvalue weighted by Gasteiger charge is 2.44. The van der Waals surface area contributed by atoms with Crippen molar-refractivity contribution in [1.82, 2.24) is 25.2 Å². The first-order valence-electron chi connectivity index (χ1n) is 15.8. The van der Waals surface area contributed by atoms with Gasteiger partial charge >= 0.3 is 18.2 Å². The van der Waals surface area contributed by atoms with Crippen LogP contribution >= 0.6 is 0 Å². The van der Waals surface area contributed by atoms with Gasteiger partial charge in [-0.2, -0.15) is 23.2 Å². The van der Waals surface area contributed by atoms with Gasteiger partial charge in [-0.25, -0.2) is 28.3 Å². The van der Waals surface area contributed by atoms with Crippen LogP contribution in [0, 0.1) is 18.6 Å². The average molecular weight is 690 g/mol. The highest BCUT2D eigenvalue weighted by Crippen LogP contribution is 2.40. The Labute approximate surface area is 279 Å². The number of para-hydroxylation sites is 1. The van der Waals surface area contributed by atoms with E-state index in [0.29, 0.717) is 35.9 Å². The van der Waals surface area contributed by atoms with E-state index in [0.717, 1.165) is 29.9 Å². The summed E-state index contributed by atoms with van der Waals surface area (Å²) in [6.07, 6.45) is -3.52. The van der Waals surface area contributed by atoms with Crippen LogP contribution in [0.4, 0.5) is 44.2 Å². The number of aryl methyl sites for hydroxylation is 1. The number of anilines is 3. The van der Waals surface area contributed by atoms with E-state index in [9.17, 15) is 27.6 Å². The SMILES string of the molecule is CCC(CC)N1CCN(c2nc(-c3cc(C(=O)N(OC(=O)C(F)(F)F)C(C)C)ccc3C)c3c(n2)N(c2c(F)cccc2F)C(=O)NC3)C1. The predicted molar refractivity (Wildman–Crippen MR) is 170 cm³/mol. The van der Waals surface area contributed by atoms with Crippen LogP contribution in [0.25, 0.3) is 11.3 Å². The van der Waals surface area contributed by atoms with E-state index in [4.69, 9.17) is 9.97 Å². The third-order valence-electron chi connectivity index (χ3n) is 8.54. The smallest absolute Gasteiger partial charge is 0.333 e. The molecule has 2 aromatic carbocycles. The number of amides is 3. The maximum Gasteiger partial charge on any atom is 0.493 e. The quantitative estimate of drug-likeness (QED) is 0.219. The summed E-state index contributed by atoms with van der Waals surface area (Å²) < 4.78 is 69.5. The molecule has 0 radical (unpaired) electrons. The van der Waals surface area contributed by atoms with Gasteiger partial charge in [0, 0.05) is 35.8 Å². The monoisotopic (exact) mass is 689 g/mol. The number of alkyl halides is 3. The van der Waals surface area contributed by atoms with Crippen LogP contribution < -0.4 is 15.1 Å². The molecule has 3 amide bonds. The Morgan fingerprint density at radius 3 is 2.33 bits per heavy atom. The van der Waals surface area contributed by atoms with Gasteiger partial charge in [-0.15, -0.1) is 0 Å². The number of aromatic nitrogens is 2. The lowest BCUT2D eigenvalue weighted by atomic mass is 9.97. The third kappa shape index (κ3) is 7.00. The fraction of sp³-hybridized carbons (Fsp3) is 0.424. The molecule has 3 heterocycles. The van der Waals surface area contributed by atoms with Gasteiger partial charge in [-0.3, -0.25) is 9.69 Å². The Morgan fingerprint density at radius 2 is 1.71 bits per heavy atom. The summed E-state index contributed by atoms with van der Waals surface area (Å²) in [6.45, 7) is 10.1. The molecule has 1 saturated heterocycles. The summed E-state index contributed by atoms with van der Waals surface area (Å²) in [7, 11) is 0. The van der Waals surface area contributed by atoms with Crippen LogP contribution in [0.15, 0.2) is 36.4 Å². The Kier molecular flexibility index (Phi) is 10.1. The van der Waals surface area contributed by atoms with E-state index in [1.54, 1.807) is 13.0 Å². The number of nitrogens with zero attached hydrogens (tertiary/aromatic N) is 6. The van der Waals surface area contributed by atoms with E-state index in [1.165, 1.54) is 32.0 Å². The second-order valence-corrected chi connectivity index (χ2v) is 12.1. The Bertz CT molecular complexity index is 1750. The molecule has 1 aromatic heterocycles. The van der Waals surface area contributed by atoms with Crippen LogP contribution in [0.5, 0.6) is 0 Å². The predicted octanol–water partition coefficient (Wildman–Crippen LogP) is 6.23. The standard InChI is InChI=1S/C33H36F5N7O4/c1-6-21(7-2)42-13-14-43(17-42)31-40-26(23-16-39-32(48)44(28(23)41-31)27-24(34)9-8-10-25(27)35)22-15-20(12-11-19(22)5)29(46)45(18(3)4)49-30(47)33(36,37)38/h8-12,15,18,21H,6-7,13-14,16-17H2,1-5H3,(H,39,48). The van der Waals surface area contributed by atoms with Gasteiger partial charge in [0.25, 0.3) is 5.91 Å². The molecule has 0 saturated carbocycles. The number of fused-ring (bicyclic) bond motifs is 1. The molecule has 5 rings (SSSR count). The van der Waals surface area contributed by atoms with Gasteiger partial charge in [0.05, 0.1) is 24.9 Å². The zero-order chi connectivity index (χ0) is 35.8. The fourth-order valence-electron chi connectivity index (χ4n) is 5.96. The van der Waals surface area contributed by atoms with Crippen molar-refractivity contribution in [2.45, 2.75) is 72.3 Å². The fourth-order valence-corrected chi connectivity index (χ4v) is 5.96. The van der Waals surface area contributed by atoms with Gasteiger partial charge < -0.3 is 15.1 Å². The number of urea groups is 1. The number of rotatable bonds is 8. The van der Waals surface area contributed by atoms with Crippen LogP contribution in [-0.2, 0) is 16.2 Å². The van der Waals surface area contributed by atoms with Crippen LogP contribution in [-0.4, -0.2) is 75.9 Å². The summed E-state index contributed by atoms with van der Waals surface area (Å²) in [5, 5.41) is 2.95. The normalized spacial score (nSPS) is 15.1. The summed E-state index contributed by atoms with van der Waals surface area (Å²) in [6, 6.07) is 5.99. The van der Waals surface area contributed by atoms with E-state index in [2.05, 4.69) is 28.9 Å². The van der Waals surface area contributed by atoms with Gasteiger partial charge in [-0.1, -0.05) is 26.0 Å². The molecular formula is C33H36F5N7O4. The number of carbonyl (C=O) groups excluding carboxylic acids is 3. The highest BCUT2D eigenvalue weighted by atomic mass is 19.4. The molecule has 2 aliphatic rings. The van der Waals surface area contributed by atoms with E-state index in [-0.39, 0.29) is 41.2 Å². The molecular weight excluding hydrogens is 653 g/mol. The zero-order valence-electron chi connectivity index (χ0n) is 27.6. The van der Waals surface area contributed by atoms with Crippen molar-refractivity contribution in [2.24, 2.45) is 0 Å². The molecule has 262 valence electrons. The second-order valence-electron chi connectivity index (χ2n) is 12.1. The molecule has 1 fully saturated rings. The molecule has 0 spiro atoms. The van der Waals surface area contributed by atoms with Crippen LogP contribution in [0.2, 0.25) is 0 Å². The topological polar surface area (TPSA) is 111 Å². The van der Waals surface area contributed by atoms with Crippen molar-refractivity contribution in [3.8, 4) is 11.3 Å². The number of hydrogen-bond donors (Lipinski definition) is 1. The van der Waals surface area contributed by atoms with Gasteiger partial charge in [0.2, 0.25) is 5.95 Å². The minimum absolute atomic E-state index is 0.0761. The third-order valence-corrected chi connectivity index (χ3v) is 8.54. The first-order valence-corrected chi connectivity index (χ1v) is 15.8. The van der Waals surface area contributed by atoms with Crippen LogP contribution in [0.3, 0.4) is 0 Å².